The van der Waals surface area contributed by atoms with Crippen molar-refractivity contribution in [2.45, 2.75) is 79.4 Å². The van der Waals surface area contributed by atoms with Crippen LogP contribution in [-0.4, -0.2) is 34.2 Å². The van der Waals surface area contributed by atoms with Crippen LogP contribution in [0.15, 0.2) is 12.1 Å². The lowest BCUT2D eigenvalue weighted by molar-refractivity contribution is 0.185. The zero-order chi connectivity index (χ0) is 20.7. The molecule has 0 bridgehead atoms. The second kappa shape index (κ2) is 10.2. The van der Waals surface area contributed by atoms with Gasteiger partial charge in [-0.3, -0.25) is 0 Å². The largest absolute Gasteiger partial charge is 0.475 e. The molecule has 0 saturated carbocycles. The SMILES string of the molecule is CCc1nc(OC(C)C)ccc1-c1nc(NC)c(OC(CC)CC)nc1CC. The van der Waals surface area contributed by atoms with Crippen molar-refractivity contribution in [3.05, 3.63) is 23.5 Å². The van der Waals surface area contributed by atoms with Crippen molar-refractivity contribution in [3.8, 4) is 23.0 Å². The number of hydrogen-bond acceptors (Lipinski definition) is 6. The van der Waals surface area contributed by atoms with Gasteiger partial charge < -0.3 is 14.8 Å². The highest BCUT2D eigenvalue weighted by Gasteiger charge is 2.19. The topological polar surface area (TPSA) is 69.2 Å². The molecule has 2 aromatic rings. The predicted molar refractivity (Wildman–Crippen MR) is 114 cm³/mol. The number of anilines is 1. The summed E-state index contributed by atoms with van der Waals surface area (Å²) in [6.07, 6.45) is 3.65. The molecule has 154 valence electrons. The van der Waals surface area contributed by atoms with Crippen LogP contribution in [-0.2, 0) is 12.8 Å². The van der Waals surface area contributed by atoms with Crippen molar-refractivity contribution in [2.24, 2.45) is 0 Å². The van der Waals surface area contributed by atoms with Crippen LogP contribution in [0.1, 0.15) is 65.8 Å². The molecule has 28 heavy (non-hydrogen) atoms. The third-order valence-electron chi connectivity index (χ3n) is 4.59. The fourth-order valence-corrected chi connectivity index (χ4v) is 3.05. The van der Waals surface area contributed by atoms with E-state index in [-0.39, 0.29) is 12.2 Å². The summed E-state index contributed by atoms with van der Waals surface area (Å²) in [5, 5.41) is 3.14. The minimum Gasteiger partial charge on any atom is -0.475 e. The maximum atomic E-state index is 6.12. The Kier molecular flexibility index (Phi) is 8.03. The standard InChI is InChI=1S/C22H34N4O2/c1-8-15(9-2)28-22-21(23-7)26-20(18(11-4)25-22)16-12-13-19(27-14(5)6)24-17(16)10-3/h12-15H,8-11H2,1-7H3,(H,23,26). The van der Waals surface area contributed by atoms with Gasteiger partial charge in [-0.1, -0.05) is 27.7 Å². The molecule has 0 saturated heterocycles. The second-order valence-corrected chi connectivity index (χ2v) is 7.00. The van der Waals surface area contributed by atoms with Crippen molar-refractivity contribution in [3.63, 3.8) is 0 Å². The summed E-state index contributed by atoms with van der Waals surface area (Å²) >= 11 is 0. The molecular weight excluding hydrogens is 352 g/mol. The quantitative estimate of drug-likeness (QED) is 0.615. The molecule has 6 heteroatoms. The van der Waals surface area contributed by atoms with Gasteiger partial charge in [-0.15, -0.1) is 0 Å². The van der Waals surface area contributed by atoms with Crippen molar-refractivity contribution < 1.29 is 9.47 Å². The van der Waals surface area contributed by atoms with Crippen molar-refractivity contribution >= 4 is 5.82 Å². The molecule has 0 aliphatic heterocycles. The first kappa shape index (κ1) is 21.9. The van der Waals surface area contributed by atoms with E-state index >= 15 is 0 Å². The van der Waals surface area contributed by atoms with E-state index in [9.17, 15) is 0 Å². The van der Waals surface area contributed by atoms with E-state index in [1.165, 1.54) is 0 Å². The Balaban J connectivity index is 2.53. The van der Waals surface area contributed by atoms with E-state index in [0.29, 0.717) is 17.6 Å². The lowest BCUT2D eigenvalue weighted by Gasteiger charge is -2.19. The molecule has 1 N–H and O–H groups in total. The van der Waals surface area contributed by atoms with Gasteiger partial charge in [0.05, 0.1) is 23.2 Å². The van der Waals surface area contributed by atoms with Crippen molar-refractivity contribution in [2.75, 3.05) is 12.4 Å². The van der Waals surface area contributed by atoms with E-state index in [0.717, 1.165) is 48.3 Å². The number of nitrogens with one attached hydrogen (secondary N) is 1. The summed E-state index contributed by atoms with van der Waals surface area (Å²) in [6.45, 7) is 12.4. The van der Waals surface area contributed by atoms with Gasteiger partial charge in [0.1, 0.15) is 6.10 Å². The molecule has 0 atom stereocenters. The number of pyridine rings is 1. The minimum absolute atomic E-state index is 0.0893. The fourth-order valence-electron chi connectivity index (χ4n) is 3.05. The van der Waals surface area contributed by atoms with Gasteiger partial charge in [0, 0.05) is 18.7 Å². The predicted octanol–water partition coefficient (Wildman–Crippen LogP) is 5.06. The Morgan fingerprint density at radius 3 is 2.11 bits per heavy atom. The lowest BCUT2D eigenvalue weighted by atomic mass is 10.0. The van der Waals surface area contributed by atoms with E-state index in [4.69, 9.17) is 24.4 Å². The van der Waals surface area contributed by atoms with E-state index < -0.39 is 0 Å². The van der Waals surface area contributed by atoms with Crippen LogP contribution in [0.4, 0.5) is 5.82 Å². The van der Waals surface area contributed by atoms with Crippen LogP contribution in [0, 0.1) is 0 Å². The first-order chi connectivity index (χ1) is 13.5. The molecule has 0 fully saturated rings. The summed E-state index contributed by atoms with van der Waals surface area (Å²) in [5.41, 5.74) is 3.71. The van der Waals surface area contributed by atoms with Crippen molar-refractivity contribution in [1.82, 2.24) is 15.0 Å². The molecule has 2 heterocycles. The summed E-state index contributed by atoms with van der Waals surface area (Å²) in [5.74, 6) is 1.87. The Morgan fingerprint density at radius 1 is 0.893 bits per heavy atom. The van der Waals surface area contributed by atoms with Crippen molar-refractivity contribution in [1.29, 1.82) is 0 Å². The third kappa shape index (κ3) is 5.12. The average Bonchev–Trinajstić information content (AvgIpc) is 2.70. The number of aromatic nitrogens is 3. The van der Waals surface area contributed by atoms with Crippen LogP contribution in [0.5, 0.6) is 11.8 Å². The number of hydrogen-bond donors (Lipinski definition) is 1. The highest BCUT2D eigenvalue weighted by atomic mass is 16.5. The van der Waals surface area contributed by atoms with E-state index in [2.05, 4.69) is 33.0 Å². The van der Waals surface area contributed by atoms with Crippen LogP contribution < -0.4 is 14.8 Å². The zero-order valence-electron chi connectivity index (χ0n) is 18.3. The number of nitrogens with zero attached hydrogens (tertiary/aromatic N) is 3. The minimum atomic E-state index is 0.0893. The van der Waals surface area contributed by atoms with Gasteiger partial charge in [0.25, 0.3) is 5.88 Å². The number of rotatable bonds is 10. The van der Waals surface area contributed by atoms with Gasteiger partial charge >= 0.3 is 0 Å². The lowest BCUT2D eigenvalue weighted by Crippen LogP contribution is -2.17. The fraction of sp³-hybridized carbons (Fsp3) is 0.591. The van der Waals surface area contributed by atoms with Crippen LogP contribution in [0.25, 0.3) is 11.3 Å². The Hall–Kier alpha value is -2.37. The average molecular weight is 387 g/mol. The Labute approximate surface area is 169 Å². The summed E-state index contributed by atoms with van der Waals surface area (Å²) < 4.78 is 11.9. The molecule has 0 spiro atoms. The van der Waals surface area contributed by atoms with Gasteiger partial charge in [-0.2, -0.15) is 0 Å². The van der Waals surface area contributed by atoms with E-state index in [1.54, 1.807) is 0 Å². The second-order valence-electron chi connectivity index (χ2n) is 7.00. The zero-order valence-corrected chi connectivity index (χ0v) is 18.3. The normalized spacial score (nSPS) is 11.2. The number of aryl methyl sites for hydroxylation is 2. The van der Waals surface area contributed by atoms with Gasteiger partial charge in [0.15, 0.2) is 5.82 Å². The van der Waals surface area contributed by atoms with Gasteiger partial charge in [-0.25, -0.2) is 15.0 Å². The van der Waals surface area contributed by atoms with Crippen LogP contribution in [0.3, 0.4) is 0 Å². The first-order valence-electron chi connectivity index (χ1n) is 10.4. The molecule has 0 aliphatic rings. The monoisotopic (exact) mass is 386 g/mol. The van der Waals surface area contributed by atoms with Gasteiger partial charge in [-0.05, 0) is 45.6 Å². The maximum absolute atomic E-state index is 6.12. The molecule has 0 aromatic carbocycles. The molecular formula is C22H34N4O2. The highest BCUT2D eigenvalue weighted by Crippen LogP contribution is 2.32. The van der Waals surface area contributed by atoms with Crippen LogP contribution in [0.2, 0.25) is 0 Å². The van der Waals surface area contributed by atoms with Crippen LogP contribution >= 0.6 is 0 Å². The number of ether oxygens (including phenoxy) is 2. The molecule has 0 unspecified atom stereocenters. The molecule has 0 aliphatic carbocycles. The Morgan fingerprint density at radius 2 is 1.57 bits per heavy atom. The molecule has 2 rings (SSSR count). The summed E-state index contributed by atoms with van der Waals surface area (Å²) in [4.78, 5) is 14.4. The highest BCUT2D eigenvalue weighted by molar-refractivity contribution is 5.68. The van der Waals surface area contributed by atoms with E-state index in [1.807, 2.05) is 33.0 Å². The molecule has 0 radical (unpaired) electrons. The smallest absolute Gasteiger partial charge is 0.257 e. The summed E-state index contributed by atoms with van der Waals surface area (Å²) in [7, 11) is 1.84. The molecule has 0 amide bonds. The molecule has 6 nitrogen and oxygen atoms in total. The third-order valence-corrected chi connectivity index (χ3v) is 4.59. The maximum Gasteiger partial charge on any atom is 0.257 e. The molecule has 2 aromatic heterocycles. The Bertz CT molecular complexity index is 773. The summed E-state index contributed by atoms with van der Waals surface area (Å²) in [6, 6.07) is 3.94. The first-order valence-corrected chi connectivity index (χ1v) is 10.4. The van der Waals surface area contributed by atoms with Gasteiger partial charge in [0.2, 0.25) is 5.88 Å².